The molecule has 0 aliphatic rings. The lowest BCUT2D eigenvalue weighted by atomic mass is 9.91. The van der Waals surface area contributed by atoms with Crippen LogP contribution in [0.1, 0.15) is 175 Å². The van der Waals surface area contributed by atoms with Crippen LogP contribution in [0.3, 0.4) is 0 Å². The standard InChI is InChI=1S/C24H44O6.C16H20O6.3CH4/c1-6-9-14-20(7-2)19-30-22(26)15-11-10-12-17-28-21(25)16-13-18-29-23(27)24(4,5)8-3;1-4-16(2,3)15(20)22-10-9-21-14(19)12-8-6-5-7-11(12)13(17)18;;;/h20H,6-19H2,1-5H3;5-8H,4,9-10H2,1-3H3,(H,17,18);3*1H4. The van der Waals surface area contributed by atoms with Crippen LogP contribution in [0.4, 0.5) is 0 Å². The van der Waals surface area contributed by atoms with Crippen molar-refractivity contribution in [3.63, 3.8) is 0 Å². The van der Waals surface area contributed by atoms with E-state index in [1.165, 1.54) is 31.0 Å². The molecule has 0 saturated heterocycles. The third-order valence-corrected chi connectivity index (χ3v) is 8.87. The summed E-state index contributed by atoms with van der Waals surface area (Å²) in [5.41, 5.74) is -1.23. The van der Waals surface area contributed by atoms with E-state index in [1.54, 1.807) is 19.9 Å². The van der Waals surface area contributed by atoms with Gasteiger partial charge in [-0.2, -0.15) is 0 Å². The highest BCUT2D eigenvalue weighted by molar-refractivity contribution is 6.02. The molecule has 1 N–H and O–H groups in total. The zero-order chi connectivity index (χ0) is 39.6. The van der Waals surface area contributed by atoms with Crippen LogP contribution in [0.2, 0.25) is 0 Å². The van der Waals surface area contributed by atoms with Crippen molar-refractivity contribution >= 4 is 35.8 Å². The Labute approximate surface area is 332 Å². The van der Waals surface area contributed by atoms with Crippen LogP contribution in [0, 0.1) is 16.7 Å². The van der Waals surface area contributed by atoms with E-state index >= 15 is 0 Å². The summed E-state index contributed by atoms with van der Waals surface area (Å²) in [7, 11) is 0. The molecule has 0 saturated carbocycles. The van der Waals surface area contributed by atoms with Crippen molar-refractivity contribution in [2.24, 2.45) is 16.7 Å². The molecule has 0 aromatic heterocycles. The average Bonchev–Trinajstić information content (AvgIpc) is 3.13. The quantitative estimate of drug-likeness (QED) is 0.0567. The number of benzene rings is 1. The molecule has 0 aliphatic heterocycles. The molecule has 0 spiro atoms. The molecule has 1 aromatic rings. The fourth-order valence-electron chi connectivity index (χ4n) is 4.24. The van der Waals surface area contributed by atoms with Gasteiger partial charge in [0.25, 0.3) is 0 Å². The first-order valence-electron chi connectivity index (χ1n) is 18.7. The maximum atomic E-state index is 11.8. The van der Waals surface area contributed by atoms with Gasteiger partial charge >= 0.3 is 35.8 Å². The lowest BCUT2D eigenvalue weighted by molar-refractivity contribution is -0.155. The number of rotatable bonds is 25. The summed E-state index contributed by atoms with van der Waals surface area (Å²) in [6, 6.07) is 5.77. The van der Waals surface area contributed by atoms with E-state index in [0.29, 0.717) is 44.8 Å². The predicted octanol–water partition coefficient (Wildman–Crippen LogP) is 10.0. The van der Waals surface area contributed by atoms with Crippen LogP contribution >= 0.6 is 0 Å². The number of carbonyl (C=O) groups is 6. The SMILES string of the molecule is C.C.C.CCC(C)(C)C(=O)OCCOC(=O)c1ccccc1C(=O)O.CCCCC(CC)COC(=O)CCCCCOC(=O)CCCOC(=O)C(C)(C)CC. The molecule has 12 nitrogen and oxygen atoms in total. The Bertz CT molecular complexity index is 1240. The predicted molar refractivity (Wildman–Crippen MR) is 217 cm³/mol. The van der Waals surface area contributed by atoms with Gasteiger partial charge in [0.1, 0.15) is 13.2 Å². The minimum Gasteiger partial charge on any atom is -0.478 e. The third-order valence-electron chi connectivity index (χ3n) is 8.87. The maximum Gasteiger partial charge on any atom is 0.339 e. The fraction of sp³-hybridized carbons (Fsp3) is 0.721. The van der Waals surface area contributed by atoms with Crippen LogP contribution < -0.4 is 0 Å². The Morgan fingerprint density at radius 2 is 1.09 bits per heavy atom. The number of unbranched alkanes of at least 4 members (excludes halogenated alkanes) is 3. The highest BCUT2D eigenvalue weighted by Gasteiger charge is 2.28. The Kier molecular flexibility index (Phi) is 33.9. The number of hydrogen-bond donors (Lipinski definition) is 1. The zero-order valence-electron chi connectivity index (χ0n) is 32.8. The van der Waals surface area contributed by atoms with Crippen molar-refractivity contribution in [2.75, 3.05) is 33.0 Å². The van der Waals surface area contributed by atoms with Gasteiger partial charge in [0, 0.05) is 12.8 Å². The minimum atomic E-state index is -1.20. The molecule has 1 rings (SSSR count). The molecular weight excluding hydrogens is 708 g/mol. The smallest absolute Gasteiger partial charge is 0.339 e. The lowest BCUT2D eigenvalue weighted by Gasteiger charge is -2.20. The molecule has 0 amide bonds. The van der Waals surface area contributed by atoms with Gasteiger partial charge in [-0.05, 0) is 90.7 Å². The van der Waals surface area contributed by atoms with Gasteiger partial charge in [-0.3, -0.25) is 19.2 Å². The van der Waals surface area contributed by atoms with Gasteiger partial charge in [0.15, 0.2) is 0 Å². The van der Waals surface area contributed by atoms with Gasteiger partial charge in [-0.25, -0.2) is 9.59 Å². The minimum absolute atomic E-state index is 0. The summed E-state index contributed by atoms with van der Waals surface area (Å²) in [5.74, 6) is -2.51. The van der Waals surface area contributed by atoms with E-state index < -0.39 is 22.8 Å². The average molecular weight is 785 g/mol. The van der Waals surface area contributed by atoms with Crippen molar-refractivity contribution in [3.05, 3.63) is 35.4 Å². The molecule has 1 unspecified atom stereocenters. The molecule has 0 heterocycles. The summed E-state index contributed by atoms with van der Waals surface area (Å²) in [5, 5.41) is 9.00. The number of aromatic carboxylic acids is 1. The Hall–Kier alpha value is -3.96. The van der Waals surface area contributed by atoms with Crippen molar-refractivity contribution in [2.45, 2.75) is 155 Å². The zero-order valence-corrected chi connectivity index (χ0v) is 32.8. The summed E-state index contributed by atoms with van der Waals surface area (Å²) >= 11 is 0. The number of ether oxygens (including phenoxy) is 5. The van der Waals surface area contributed by atoms with Crippen LogP contribution in [0.25, 0.3) is 0 Å². The summed E-state index contributed by atoms with van der Waals surface area (Å²) < 4.78 is 25.7. The van der Waals surface area contributed by atoms with Crippen molar-refractivity contribution in [3.8, 4) is 0 Å². The van der Waals surface area contributed by atoms with E-state index in [2.05, 4.69) is 13.8 Å². The summed E-state index contributed by atoms with van der Waals surface area (Å²) in [6.45, 7) is 16.3. The van der Waals surface area contributed by atoms with Crippen molar-refractivity contribution in [1.29, 1.82) is 0 Å². The topological polar surface area (TPSA) is 169 Å². The highest BCUT2D eigenvalue weighted by Crippen LogP contribution is 2.22. The second-order valence-electron chi connectivity index (χ2n) is 14.0. The third kappa shape index (κ3) is 25.7. The first-order chi connectivity index (χ1) is 24.6. The molecule has 0 aliphatic carbocycles. The molecule has 0 radical (unpaired) electrons. The summed E-state index contributed by atoms with van der Waals surface area (Å²) in [6.07, 6.45) is 9.26. The van der Waals surface area contributed by atoms with E-state index in [-0.39, 0.29) is 83.5 Å². The maximum absolute atomic E-state index is 11.8. The number of carboxylic acids is 1. The van der Waals surface area contributed by atoms with E-state index in [9.17, 15) is 28.8 Å². The number of carboxylic acid groups (broad SMARTS) is 1. The Morgan fingerprint density at radius 1 is 0.600 bits per heavy atom. The Balaban J connectivity index is -0.000000466. The summed E-state index contributed by atoms with van der Waals surface area (Å²) in [4.78, 5) is 69.9. The number of hydrogen-bond acceptors (Lipinski definition) is 11. The Morgan fingerprint density at radius 3 is 1.62 bits per heavy atom. The second-order valence-corrected chi connectivity index (χ2v) is 14.0. The van der Waals surface area contributed by atoms with Gasteiger partial charge in [0.05, 0.1) is 41.8 Å². The highest BCUT2D eigenvalue weighted by atomic mass is 16.6. The largest absolute Gasteiger partial charge is 0.478 e. The van der Waals surface area contributed by atoms with Crippen LogP contribution in [0.15, 0.2) is 24.3 Å². The second kappa shape index (κ2) is 32.3. The molecule has 1 atom stereocenters. The van der Waals surface area contributed by atoms with Gasteiger partial charge in [-0.15, -0.1) is 0 Å². The van der Waals surface area contributed by atoms with Gasteiger partial charge in [0.2, 0.25) is 0 Å². The molecule has 12 heteroatoms. The number of carbonyl (C=O) groups excluding carboxylic acids is 5. The monoisotopic (exact) mass is 785 g/mol. The molecular formula is C43H76O12. The van der Waals surface area contributed by atoms with Gasteiger partial charge < -0.3 is 28.8 Å². The molecule has 320 valence electrons. The first-order valence-corrected chi connectivity index (χ1v) is 18.7. The molecule has 0 bridgehead atoms. The van der Waals surface area contributed by atoms with E-state index in [1.807, 2.05) is 27.7 Å². The molecule has 55 heavy (non-hydrogen) atoms. The lowest BCUT2D eigenvalue weighted by Crippen LogP contribution is -2.27. The van der Waals surface area contributed by atoms with Crippen LogP contribution in [-0.2, 0) is 42.9 Å². The van der Waals surface area contributed by atoms with Crippen LogP contribution in [-0.4, -0.2) is 74.0 Å². The first kappa shape index (κ1) is 57.8. The normalized spacial score (nSPS) is 11.1. The number of esters is 5. The van der Waals surface area contributed by atoms with Gasteiger partial charge in [-0.1, -0.05) is 81.4 Å². The van der Waals surface area contributed by atoms with E-state index in [0.717, 1.165) is 32.1 Å². The van der Waals surface area contributed by atoms with E-state index in [4.69, 9.17) is 28.8 Å². The fourth-order valence-corrected chi connectivity index (χ4v) is 4.24. The van der Waals surface area contributed by atoms with Crippen molar-refractivity contribution < 1.29 is 57.6 Å². The molecule has 0 fully saturated rings. The molecule has 1 aromatic carbocycles. The van der Waals surface area contributed by atoms with Crippen LogP contribution in [0.5, 0.6) is 0 Å². The van der Waals surface area contributed by atoms with Crippen molar-refractivity contribution in [1.82, 2.24) is 0 Å².